The Labute approximate surface area is 117 Å². The molecule has 6 nitrogen and oxygen atoms in total. The molecule has 1 aliphatic heterocycles. The molecule has 1 aliphatic rings. The van der Waals surface area contributed by atoms with E-state index < -0.39 is 5.92 Å². The predicted molar refractivity (Wildman–Crippen MR) is 73.9 cm³/mol. The summed E-state index contributed by atoms with van der Waals surface area (Å²) in [6.45, 7) is 0.630. The first kappa shape index (κ1) is 14.2. The number of methoxy groups -OCH3 is 2. The van der Waals surface area contributed by atoms with E-state index in [9.17, 15) is 9.59 Å². The van der Waals surface area contributed by atoms with E-state index >= 15 is 0 Å². The third-order valence-corrected chi connectivity index (χ3v) is 3.27. The highest BCUT2D eigenvalue weighted by atomic mass is 16.5. The fraction of sp³-hybridized carbons (Fsp3) is 0.429. The van der Waals surface area contributed by atoms with E-state index in [0.717, 1.165) is 6.42 Å². The number of amides is 2. The molecule has 2 rings (SSSR count). The molecule has 0 unspecified atom stereocenters. The molecule has 1 aromatic carbocycles. The summed E-state index contributed by atoms with van der Waals surface area (Å²) < 4.78 is 10.3. The summed E-state index contributed by atoms with van der Waals surface area (Å²) in [4.78, 5) is 23.9. The van der Waals surface area contributed by atoms with E-state index in [0.29, 0.717) is 30.2 Å². The van der Waals surface area contributed by atoms with Gasteiger partial charge in [-0.1, -0.05) is 0 Å². The van der Waals surface area contributed by atoms with Crippen LogP contribution in [0.15, 0.2) is 18.2 Å². The minimum absolute atomic E-state index is 0.226. The maximum atomic E-state index is 12.2. The van der Waals surface area contributed by atoms with Crippen molar-refractivity contribution in [2.24, 2.45) is 5.92 Å². The van der Waals surface area contributed by atoms with Crippen LogP contribution in [-0.4, -0.2) is 32.6 Å². The SMILES string of the molecule is COc1ccc(OC)c(NC(=O)[C@@H]2CCCNC2=O)c1. The summed E-state index contributed by atoms with van der Waals surface area (Å²) in [7, 11) is 3.06. The van der Waals surface area contributed by atoms with Gasteiger partial charge in [0.05, 0.1) is 19.9 Å². The molecule has 0 bridgehead atoms. The van der Waals surface area contributed by atoms with Gasteiger partial charge in [0.1, 0.15) is 17.4 Å². The van der Waals surface area contributed by atoms with Gasteiger partial charge in [-0.3, -0.25) is 9.59 Å². The van der Waals surface area contributed by atoms with Crippen LogP contribution in [0, 0.1) is 5.92 Å². The van der Waals surface area contributed by atoms with Crippen LogP contribution in [0.2, 0.25) is 0 Å². The Morgan fingerprint density at radius 2 is 2.15 bits per heavy atom. The number of piperidine rings is 1. The van der Waals surface area contributed by atoms with Crippen LogP contribution in [0.25, 0.3) is 0 Å². The second-order valence-electron chi connectivity index (χ2n) is 4.54. The Kier molecular flexibility index (Phi) is 4.45. The lowest BCUT2D eigenvalue weighted by Crippen LogP contribution is -2.42. The highest BCUT2D eigenvalue weighted by Crippen LogP contribution is 2.29. The second kappa shape index (κ2) is 6.27. The first-order valence-electron chi connectivity index (χ1n) is 6.46. The molecule has 1 heterocycles. The Bertz CT molecular complexity index is 516. The molecule has 108 valence electrons. The predicted octanol–water partition coefficient (Wildman–Crippen LogP) is 1.17. The number of nitrogens with one attached hydrogen (secondary N) is 2. The molecule has 0 aliphatic carbocycles. The van der Waals surface area contributed by atoms with E-state index in [1.54, 1.807) is 25.3 Å². The Hall–Kier alpha value is -2.24. The van der Waals surface area contributed by atoms with Crippen molar-refractivity contribution < 1.29 is 19.1 Å². The number of carbonyl (C=O) groups excluding carboxylic acids is 2. The van der Waals surface area contributed by atoms with Crippen molar-refractivity contribution in [3.05, 3.63) is 18.2 Å². The number of anilines is 1. The molecule has 0 spiro atoms. The molecule has 6 heteroatoms. The van der Waals surface area contributed by atoms with Crippen LogP contribution in [-0.2, 0) is 9.59 Å². The zero-order valence-corrected chi connectivity index (χ0v) is 11.6. The number of benzene rings is 1. The van der Waals surface area contributed by atoms with Crippen LogP contribution in [0.1, 0.15) is 12.8 Å². The maximum absolute atomic E-state index is 12.2. The van der Waals surface area contributed by atoms with Gasteiger partial charge in [0.2, 0.25) is 11.8 Å². The standard InChI is InChI=1S/C14H18N2O4/c1-19-9-5-6-12(20-2)11(8-9)16-14(18)10-4-3-7-15-13(10)17/h5-6,8,10H,3-4,7H2,1-2H3,(H,15,17)(H,16,18)/t10-/m1/s1. The van der Waals surface area contributed by atoms with Crippen LogP contribution in [0.5, 0.6) is 11.5 Å². The zero-order chi connectivity index (χ0) is 14.5. The average molecular weight is 278 g/mol. The number of carbonyl (C=O) groups is 2. The van der Waals surface area contributed by atoms with E-state index in [-0.39, 0.29) is 11.8 Å². The van der Waals surface area contributed by atoms with Crippen molar-refractivity contribution in [2.75, 3.05) is 26.1 Å². The van der Waals surface area contributed by atoms with Crippen molar-refractivity contribution in [3.8, 4) is 11.5 Å². The molecule has 1 saturated heterocycles. The van der Waals surface area contributed by atoms with Gasteiger partial charge >= 0.3 is 0 Å². The van der Waals surface area contributed by atoms with Crippen molar-refractivity contribution in [2.45, 2.75) is 12.8 Å². The molecule has 0 aromatic heterocycles. The van der Waals surface area contributed by atoms with Crippen molar-refractivity contribution in [1.29, 1.82) is 0 Å². The number of rotatable bonds is 4. The second-order valence-corrected chi connectivity index (χ2v) is 4.54. The molecule has 20 heavy (non-hydrogen) atoms. The first-order chi connectivity index (χ1) is 9.65. The van der Waals surface area contributed by atoms with Crippen LogP contribution >= 0.6 is 0 Å². The van der Waals surface area contributed by atoms with Gasteiger partial charge in [0.15, 0.2) is 0 Å². The molecule has 1 aromatic rings. The fourth-order valence-corrected chi connectivity index (χ4v) is 2.15. The Morgan fingerprint density at radius 3 is 2.80 bits per heavy atom. The summed E-state index contributed by atoms with van der Waals surface area (Å²) >= 11 is 0. The van der Waals surface area contributed by atoms with Gasteiger partial charge in [0, 0.05) is 12.6 Å². The minimum Gasteiger partial charge on any atom is -0.497 e. The molecule has 0 saturated carbocycles. The van der Waals surface area contributed by atoms with Crippen LogP contribution in [0.3, 0.4) is 0 Å². The van der Waals surface area contributed by atoms with Gasteiger partial charge in [-0.25, -0.2) is 0 Å². The topological polar surface area (TPSA) is 76.7 Å². The number of hydrogen-bond donors (Lipinski definition) is 2. The highest BCUT2D eigenvalue weighted by molar-refractivity contribution is 6.07. The smallest absolute Gasteiger partial charge is 0.237 e. The lowest BCUT2D eigenvalue weighted by atomic mass is 9.97. The summed E-state index contributed by atoms with van der Waals surface area (Å²) in [6, 6.07) is 5.11. The molecular formula is C14H18N2O4. The Morgan fingerprint density at radius 1 is 1.35 bits per heavy atom. The number of hydrogen-bond acceptors (Lipinski definition) is 4. The highest BCUT2D eigenvalue weighted by Gasteiger charge is 2.29. The van der Waals surface area contributed by atoms with E-state index in [2.05, 4.69) is 10.6 Å². The van der Waals surface area contributed by atoms with Crippen molar-refractivity contribution in [1.82, 2.24) is 5.32 Å². The quantitative estimate of drug-likeness (QED) is 0.811. The largest absolute Gasteiger partial charge is 0.497 e. The summed E-state index contributed by atoms with van der Waals surface area (Å²) in [5, 5.41) is 5.43. The van der Waals surface area contributed by atoms with Crippen LogP contribution < -0.4 is 20.1 Å². The van der Waals surface area contributed by atoms with Gasteiger partial charge < -0.3 is 20.1 Å². The van der Waals surface area contributed by atoms with Gasteiger partial charge in [-0.15, -0.1) is 0 Å². The monoisotopic (exact) mass is 278 g/mol. The molecule has 0 radical (unpaired) electrons. The molecule has 2 N–H and O–H groups in total. The van der Waals surface area contributed by atoms with Gasteiger partial charge in [0.25, 0.3) is 0 Å². The third-order valence-electron chi connectivity index (χ3n) is 3.27. The first-order valence-corrected chi connectivity index (χ1v) is 6.46. The summed E-state index contributed by atoms with van der Waals surface area (Å²) in [5.41, 5.74) is 0.496. The normalized spacial score (nSPS) is 18.1. The summed E-state index contributed by atoms with van der Waals surface area (Å²) in [5.74, 6) is -0.0754. The Balaban J connectivity index is 2.15. The molecular weight excluding hydrogens is 260 g/mol. The van der Waals surface area contributed by atoms with E-state index in [1.807, 2.05) is 0 Å². The van der Waals surface area contributed by atoms with Crippen LogP contribution in [0.4, 0.5) is 5.69 Å². The zero-order valence-electron chi connectivity index (χ0n) is 11.6. The third kappa shape index (κ3) is 3.01. The molecule has 2 amide bonds. The minimum atomic E-state index is -0.653. The number of ether oxygens (including phenoxy) is 2. The lowest BCUT2D eigenvalue weighted by Gasteiger charge is -2.21. The lowest BCUT2D eigenvalue weighted by molar-refractivity contribution is -0.134. The van der Waals surface area contributed by atoms with Crippen molar-refractivity contribution >= 4 is 17.5 Å². The van der Waals surface area contributed by atoms with E-state index in [1.165, 1.54) is 7.11 Å². The fourth-order valence-electron chi connectivity index (χ4n) is 2.15. The van der Waals surface area contributed by atoms with Crippen molar-refractivity contribution in [3.63, 3.8) is 0 Å². The van der Waals surface area contributed by atoms with E-state index in [4.69, 9.17) is 9.47 Å². The summed E-state index contributed by atoms with van der Waals surface area (Å²) in [6.07, 6.45) is 1.36. The maximum Gasteiger partial charge on any atom is 0.237 e. The molecule has 1 fully saturated rings. The van der Waals surface area contributed by atoms with Gasteiger partial charge in [-0.05, 0) is 25.0 Å². The molecule has 1 atom stereocenters. The average Bonchev–Trinajstić information content (AvgIpc) is 2.47. The van der Waals surface area contributed by atoms with Gasteiger partial charge in [-0.2, -0.15) is 0 Å².